The van der Waals surface area contributed by atoms with Gasteiger partial charge in [0.2, 0.25) is 5.91 Å². The van der Waals surface area contributed by atoms with Crippen molar-refractivity contribution in [2.75, 3.05) is 13.3 Å². The van der Waals surface area contributed by atoms with Crippen LogP contribution < -0.4 is 0 Å². The number of carbonyl (C=O) groups excluding carboxylic acids is 1. The molecule has 2 saturated carbocycles. The highest BCUT2D eigenvalue weighted by Gasteiger charge is 2.51. The van der Waals surface area contributed by atoms with E-state index in [9.17, 15) is 18.0 Å². The predicted molar refractivity (Wildman–Crippen MR) is 72.9 cm³/mol. The lowest BCUT2D eigenvalue weighted by Crippen LogP contribution is -2.49. The Bertz CT molecular complexity index is 515. The molecule has 0 aromatic rings. The van der Waals surface area contributed by atoms with Gasteiger partial charge in [0.05, 0.1) is 17.1 Å². The van der Waals surface area contributed by atoms with Gasteiger partial charge in [0.25, 0.3) is 0 Å². The van der Waals surface area contributed by atoms with E-state index in [-0.39, 0.29) is 11.9 Å². The number of hydrogen-bond donors (Lipinski definition) is 1. The van der Waals surface area contributed by atoms with Crippen LogP contribution in [-0.2, 0) is 19.4 Å². The average Bonchev–Trinajstić information content (AvgIpc) is 3.16. The highest BCUT2D eigenvalue weighted by Crippen LogP contribution is 2.41. The third-order valence-corrected chi connectivity index (χ3v) is 6.14. The van der Waals surface area contributed by atoms with Crippen molar-refractivity contribution in [1.82, 2.24) is 4.90 Å². The normalized spacial score (nSPS) is 33.5. The predicted octanol–water partition coefficient (Wildman–Crippen LogP) is 0.521. The Balaban J connectivity index is 2.09. The van der Waals surface area contributed by atoms with Gasteiger partial charge in [0.15, 0.2) is 9.84 Å². The van der Waals surface area contributed by atoms with Crippen LogP contribution in [0.4, 0.5) is 0 Å². The molecule has 4 atom stereocenters. The molecule has 0 aromatic carbocycles. The Morgan fingerprint density at radius 3 is 2.25 bits per heavy atom. The molecule has 0 spiro atoms. The van der Waals surface area contributed by atoms with Gasteiger partial charge in [-0.15, -0.1) is 0 Å². The van der Waals surface area contributed by atoms with E-state index in [2.05, 4.69) is 0 Å². The van der Waals surface area contributed by atoms with Crippen LogP contribution in [0, 0.1) is 11.8 Å². The molecule has 2 aliphatic rings. The molecule has 7 heteroatoms. The molecule has 0 aromatic heterocycles. The SMILES string of the molecule is CN(C(=O)[C@@H]1C[C@@H]1C(=O)O)[C@@H]1CCCC[C@H]1S(C)(=O)=O. The van der Waals surface area contributed by atoms with Crippen LogP contribution in [0.2, 0.25) is 0 Å². The van der Waals surface area contributed by atoms with Crippen molar-refractivity contribution < 1.29 is 23.1 Å². The maximum absolute atomic E-state index is 12.3. The summed E-state index contributed by atoms with van der Waals surface area (Å²) >= 11 is 0. The second kappa shape index (κ2) is 5.35. The van der Waals surface area contributed by atoms with Crippen molar-refractivity contribution in [3.8, 4) is 0 Å². The Kier molecular flexibility index (Phi) is 4.09. The Morgan fingerprint density at radius 2 is 1.75 bits per heavy atom. The molecular formula is C13H21NO5S. The minimum Gasteiger partial charge on any atom is -0.481 e. The molecule has 1 amide bonds. The van der Waals surface area contributed by atoms with Gasteiger partial charge in [-0.1, -0.05) is 12.8 Å². The van der Waals surface area contributed by atoms with Crippen LogP contribution in [0.1, 0.15) is 32.1 Å². The van der Waals surface area contributed by atoms with Crippen LogP contribution in [-0.4, -0.2) is 54.9 Å². The second-order valence-corrected chi connectivity index (χ2v) is 8.22. The zero-order valence-electron chi connectivity index (χ0n) is 11.8. The number of rotatable bonds is 4. The number of carboxylic acids is 1. The van der Waals surface area contributed by atoms with Crippen molar-refractivity contribution in [1.29, 1.82) is 0 Å². The first-order valence-corrected chi connectivity index (χ1v) is 8.87. The van der Waals surface area contributed by atoms with Crippen molar-refractivity contribution in [2.45, 2.75) is 43.4 Å². The van der Waals surface area contributed by atoms with E-state index in [4.69, 9.17) is 5.11 Å². The van der Waals surface area contributed by atoms with E-state index >= 15 is 0 Å². The minimum absolute atomic E-state index is 0.224. The lowest BCUT2D eigenvalue weighted by atomic mass is 9.93. The Morgan fingerprint density at radius 1 is 1.15 bits per heavy atom. The molecule has 1 N–H and O–H groups in total. The third-order valence-electron chi connectivity index (χ3n) is 4.49. The molecule has 0 saturated heterocycles. The Labute approximate surface area is 119 Å². The molecule has 6 nitrogen and oxygen atoms in total. The van der Waals surface area contributed by atoms with Crippen molar-refractivity contribution in [2.24, 2.45) is 11.8 Å². The molecule has 2 aliphatic carbocycles. The number of amides is 1. The topological polar surface area (TPSA) is 91.8 Å². The molecule has 0 bridgehead atoms. The van der Waals surface area contributed by atoms with Crippen LogP contribution in [0.15, 0.2) is 0 Å². The van der Waals surface area contributed by atoms with Crippen molar-refractivity contribution in [3.63, 3.8) is 0 Å². The zero-order chi connectivity index (χ0) is 15.1. The van der Waals surface area contributed by atoms with Gasteiger partial charge in [-0.05, 0) is 19.3 Å². The van der Waals surface area contributed by atoms with Gasteiger partial charge in [0.1, 0.15) is 0 Å². The van der Waals surface area contributed by atoms with Crippen molar-refractivity contribution in [3.05, 3.63) is 0 Å². The molecule has 2 rings (SSSR count). The van der Waals surface area contributed by atoms with E-state index in [0.29, 0.717) is 19.3 Å². The highest BCUT2D eigenvalue weighted by molar-refractivity contribution is 7.91. The summed E-state index contributed by atoms with van der Waals surface area (Å²) in [4.78, 5) is 24.6. The van der Waals surface area contributed by atoms with Crippen molar-refractivity contribution >= 4 is 21.7 Å². The summed E-state index contributed by atoms with van der Waals surface area (Å²) in [6, 6.07) is -0.318. The van der Waals surface area contributed by atoms with Gasteiger partial charge in [-0.2, -0.15) is 0 Å². The number of sulfone groups is 1. The molecule has 20 heavy (non-hydrogen) atoms. The smallest absolute Gasteiger partial charge is 0.307 e. The fourth-order valence-electron chi connectivity index (χ4n) is 3.19. The number of aliphatic carboxylic acids is 1. The first-order chi connectivity index (χ1) is 9.23. The summed E-state index contributed by atoms with van der Waals surface area (Å²) in [5, 5.41) is 8.36. The molecule has 114 valence electrons. The average molecular weight is 303 g/mol. The number of carbonyl (C=O) groups is 2. The van der Waals surface area contributed by atoms with Gasteiger partial charge in [-0.3, -0.25) is 9.59 Å². The number of nitrogens with zero attached hydrogens (tertiary/aromatic N) is 1. The summed E-state index contributed by atoms with van der Waals surface area (Å²) < 4.78 is 23.7. The summed E-state index contributed by atoms with van der Waals surface area (Å²) in [7, 11) is -1.59. The van der Waals surface area contributed by atoms with Crippen LogP contribution in [0.5, 0.6) is 0 Å². The lowest BCUT2D eigenvalue weighted by molar-refractivity contribution is -0.142. The number of carboxylic acid groups (broad SMARTS) is 1. The maximum atomic E-state index is 12.3. The Hall–Kier alpha value is -1.11. The van der Waals surface area contributed by atoms with Crippen LogP contribution in [0.25, 0.3) is 0 Å². The highest BCUT2D eigenvalue weighted by atomic mass is 32.2. The fourth-order valence-corrected chi connectivity index (χ4v) is 4.67. The monoisotopic (exact) mass is 303 g/mol. The largest absolute Gasteiger partial charge is 0.481 e. The maximum Gasteiger partial charge on any atom is 0.307 e. The molecule has 0 radical (unpaired) electrons. The lowest BCUT2D eigenvalue weighted by Gasteiger charge is -2.37. The van der Waals surface area contributed by atoms with Crippen LogP contribution >= 0.6 is 0 Å². The fraction of sp³-hybridized carbons (Fsp3) is 0.846. The van der Waals surface area contributed by atoms with E-state index in [1.807, 2.05) is 0 Å². The van der Waals surface area contributed by atoms with Gasteiger partial charge >= 0.3 is 5.97 Å². The van der Waals surface area contributed by atoms with Gasteiger partial charge in [-0.25, -0.2) is 8.42 Å². The van der Waals surface area contributed by atoms with E-state index < -0.39 is 32.9 Å². The minimum atomic E-state index is -3.20. The summed E-state index contributed by atoms with van der Waals surface area (Å²) in [5.41, 5.74) is 0. The first-order valence-electron chi connectivity index (χ1n) is 6.92. The molecular weight excluding hydrogens is 282 g/mol. The van der Waals surface area contributed by atoms with Crippen LogP contribution in [0.3, 0.4) is 0 Å². The quantitative estimate of drug-likeness (QED) is 0.817. The van der Waals surface area contributed by atoms with Gasteiger partial charge < -0.3 is 10.0 Å². The standard InChI is InChI=1S/C13H21NO5S/c1-14(12(15)8-7-9(8)13(16)17)10-5-3-4-6-11(10)20(2,18)19/h8-11H,3-7H2,1-2H3,(H,16,17)/t8-,9+,10-,11-/m1/s1. The van der Waals surface area contributed by atoms with Gasteiger partial charge in [0, 0.05) is 19.3 Å². The van der Waals surface area contributed by atoms with E-state index in [1.54, 1.807) is 7.05 Å². The summed E-state index contributed by atoms with van der Waals surface area (Å²) in [6.45, 7) is 0. The zero-order valence-corrected chi connectivity index (χ0v) is 12.6. The molecule has 2 fully saturated rings. The molecule has 0 aliphatic heterocycles. The molecule has 0 heterocycles. The van der Waals surface area contributed by atoms with E-state index in [0.717, 1.165) is 12.8 Å². The second-order valence-electron chi connectivity index (χ2n) is 5.96. The van der Waals surface area contributed by atoms with E-state index in [1.165, 1.54) is 11.2 Å². The third kappa shape index (κ3) is 2.97. The molecule has 0 unspecified atom stereocenters. The first kappa shape index (κ1) is 15.3. The summed E-state index contributed by atoms with van der Waals surface area (Å²) in [6.07, 6.45) is 4.59. The number of hydrogen-bond acceptors (Lipinski definition) is 4. The summed E-state index contributed by atoms with van der Waals surface area (Å²) in [5.74, 6) is -2.23.